The first-order valence-electron chi connectivity index (χ1n) is 3.91. The van der Waals surface area contributed by atoms with Gasteiger partial charge in [0, 0.05) is 12.1 Å². The Morgan fingerprint density at radius 3 is 1.42 bits per heavy atom. The summed E-state index contributed by atoms with van der Waals surface area (Å²) in [6.07, 6.45) is 6.80. The molecule has 0 saturated carbocycles. The van der Waals surface area contributed by atoms with Crippen LogP contribution >= 0.6 is 0 Å². The maximum Gasteiger partial charge on any atom is 0.0456 e. The zero-order chi connectivity index (χ0) is 9.40. The van der Waals surface area contributed by atoms with Crippen LogP contribution in [-0.4, -0.2) is 26.2 Å². The third-order valence-corrected chi connectivity index (χ3v) is 1.69. The minimum absolute atomic E-state index is 0.166. The number of nitrogens with one attached hydrogen (secondary N) is 2. The third kappa shape index (κ3) is 3.41. The first-order valence-corrected chi connectivity index (χ1v) is 3.91. The molecule has 6 N–H and O–H groups in total. The normalized spacial score (nSPS) is 17.2. The largest absolute Gasteiger partial charge is 0.405 e. The molecule has 2 atom stereocenters. The molecule has 0 rings (SSSR count). The summed E-state index contributed by atoms with van der Waals surface area (Å²) in [5.41, 5.74) is 10.6. The van der Waals surface area contributed by atoms with E-state index in [1.54, 1.807) is 0 Å². The van der Waals surface area contributed by atoms with E-state index in [2.05, 4.69) is 10.6 Å². The van der Waals surface area contributed by atoms with E-state index < -0.39 is 0 Å². The highest BCUT2D eigenvalue weighted by atomic mass is 15.0. The number of hydrogen-bond donors (Lipinski definition) is 4. The summed E-state index contributed by atoms with van der Waals surface area (Å²) >= 11 is 0. The maximum atomic E-state index is 5.29. The van der Waals surface area contributed by atoms with Gasteiger partial charge < -0.3 is 22.1 Å². The lowest BCUT2D eigenvalue weighted by Crippen LogP contribution is -2.43. The fourth-order valence-corrected chi connectivity index (χ4v) is 1.03. The van der Waals surface area contributed by atoms with Crippen molar-refractivity contribution in [3.05, 3.63) is 24.6 Å². The van der Waals surface area contributed by atoms with E-state index in [0.29, 0.717) is 0 Å². The molecule has 0 bridgehead atoms. The Morgan fingerprint density at radius 1 is 0.917 bits per heavy atom. The Hall–Kier alpha value is -1.00. The van der Waals surface area contributed by atoms with E-state index in [4.69, 9.17) is 11.5 Å². The number of rotatable bonds is 5. The first-order chi connectivity index (χ1) is 5.79. The van der Waals surface area contributed by atoms with Crippen LogP contribution in [0.4, 0.5) is 0 Å². The van der Waals surface area contributed by atoms with Gasteiger partial charge >= 0.3 is 0 Å². The standard InChI is InChI=1S/C8H18N4/c1-11-7(3-5-9)8(12-2)4-6-10/h3-8,11-12H,9-10H2,1-2H3/b5-3-,6-4-. The van der Waals surface area contributed by atoms with Crippen LogP contribution in [0, 0.1) is 0 Å². The maximum absolute atomic E-state index is 5.29. The molecule has 0 saturated heterocycles. The molecule has 0 radical (unpaired) electrons. The molecule has 0 aliphatic rings. The molecule has 0 aromatic rings. The van der Waals surface area contributed by atoms with Crippen LogP contribution in [0.15, 0.2) is 24.6 Å². The molecule has 70 valence electrons. The van der Waals surface area contributed by atoms with Crippen LogP contribution < -0.4 is 22.1 Å². The van der Waals surface area contributed by atoms with E-state index in [9.17, 15) is 0 Å². The van der Waals surface area contributed by atoms with E-state index >= 15 is 0 Å². The highest BCUT2D eigenvalue weighted by molar-refractivity contribution is 5.05. The lowest BCUT2D eigenvalue weighted by molar-refractivity contribution is 0.532. The summed E-state index contributed by atoms with van der Waals surface area (Å²) in [5.74, 6) is 0. The molecule has 0 spiro atoms. The van der Waals surface area contributed by atoms with Crippen molar-refractivity contribution < 1.29 is 0 Å². The van der Waals surface area contributed by atoms with E-state index in [-0.39, 0.29) is 12.1 Å². The van der Waals surface area contributed by atoms with Gasteiger partial charge in [-0.2, -0.15) is 0 Å². The summed E-state index contributed by atoms with van der Waals surface area (Å²) in [7, 11) is 3.75. The van der Waals surface area contributed by atoms with Gasteiger partial charge in [-0.25, -0.2) is 0 Å². The number of hydrogen-bond acceptors (Lipinski definition) is 4. The number of nitrogens with two attached hydrogens (primary N) is 2. The molecular weight excluding hydrogens is 152 g/mol. The molecule has 4 nitrogen and oxygen atoms in total. The predicted molar refractivity (Wildman–Crippen MR) is 52.4 cm³/mol. The van der Waals surface area contributed by atoms with Crippen molar-refractivity contribution >= 4 is 0 Å². The fourth-order valence-electron chi connectivity index (χ4n) is 1.03. The average Bonchev–Trinajstić information content (AvgIpc) is 2.11. The lowest BCUT2D eigenvalue weighted by atomic mass is 10.1. The average molecular weight is 170 g/mol. The highest BCUT2D eigenvalue weighted by Crippen LogP contribution is 1.95. The summed E-state index contributed by atoms with van der Waals surface area (Å²) in [4.78, 5) is 0. The Kier molecular flexibility index (Phi) is 6.14. The molecule has 0 heterocycles. The second-order valence-electron chi connectivity index (χ2n) is 2.40. The molecule has 0 aromatic heterocycles. The van der Waals surface area contributed by atoms with Crippen LogP contribution in [0.1, 0.15) is 0 Å². The predicted octanol–water partition coefficient (Wildman–Crippen LogP) is -0.893. The minimum Gasteiger partial charge on any atom is -0.405 e. The molecule has 0 amide bonds. The van der Waals surface area contributed by atoms with Gasteiger partial charge in [-0.15, -0.1) is 0 Å². The summed E-state index contributed by atoms with van der Waals surface area (Å²) in [6.45, 7) is 0. The second kappa shape index (κ2) is 6.69. The monoisotopic (exact) mass is 170 g/mol. The van der Waals surface area contributed by atoms with Crippen LogP contribution in [0.2, 0.25) is 0 Å². The Bertz CT molecular complexity index is 135. The van der Waals surface area contributed by atoms with Gasteiger partial charge in [-0.1, -0.05) is 12.2 Å². The molecule has 2 unspecified atom stereocenters. The van der Waals surface area contributed by atoms with Crippen LogP contribution in [0.25, 0.3) is 0 Å². The zero-order valence-electron chi connectivity index (χ0n) is 7.62. The van der Waals surface area contributed by atoms with Crippen molar-refractivity contribution in [3.63, 3.8) is 0 Å². The summed E-state index contributed by atoms with van der Waals surface area (Å²) < 4.78 is 0. The molecule has 0 aromatic carbocycles. The van der Waals surface area contributed by atoms with Gasteiger partial charge in [0.05, 0.1) is 0 Å². The second-order valence-corrected chi connectivity index (χ2v) is 2.40. The summed E-state index contributed by atoms with van der Waals surface area (Å²) in [5, 5.41) is 6.21. The van der Waals surface area contributed by atoms with E-state index in [1.807, 2.05) is 26.2 Å². The molecule has 0 aliphatic heterocycles. The molecule has 0 fully saturated rings. The topological polar surface area (TPSA) is 76.1 Å². The number of likely N-dealkylation sites (N-methyl/N-ethyl adjacent to an activating group) is 2. The Morgan fingerprint density at radius 2 is 1.25 bits per heavy atom. The van der Waals surface area contributed by atoms with Gasteiger partial charge in [0.1, 0.15) is 0 Å². The first kappa shape index (κ1) is 11.0. The smallest absolute Gasteiger partial charge is 0.0456 e. The molecule has 4 heteroatoms. The van der Waals surface area contributed by atoms with Crippen molar-refractivity contribution in [3.8, 4) is 0 Å². The van der Waals surface area contributed by atoms with Gasteiger partial charge in [0.15, 0.2) is 0 Å². The Labute approximate surface area is 73.7 Å². The molecule has 12 heavy (non-hydrogen) atoms. The summed E-state index contributed by atoms with van der Waals surface area (Å²) in [6, 6.07) is 0.333. The van der Waals surface area contributed by atoms with Crippen molar-refractivity contribution in [2.45, 2.75) is 12.1 Å². The van der Waals surface area contributed by atoms with E-state index in [0.717, 1.165) is 0 Å². The van der Waals surface area contributed by atoms with Crippen molar-refractivity contribution in [1.29, 1.82) is 0 Å². The quantitative estimate of drug-likeness (QED) is 0.431. The Balaban J connectivity index is 4.21. The van der Waals surface area contributed by atoms with Crippen LogP contribution in [0.3, 0.4) is 0 Å². The molecule has 0 aliphatic carbocycles. The molecular formula is C8H18N4. The third-order valence-electron chi connectivity index (χ3n) is 1.69. The van der Waals surface area contributed by atoms with Gasteiger partial charge in [0.25, 0.3) is 0 Å². The van der Waals surface area contributed by atoms with Crippen LogP contribution in [0.5, 0.6) is 0 Å². The van der Waals surface area contributed by atoms with Gasteiger partial charge in [-0.3, -0.25) is 0 Å². The van der Waals surface area contributed by atoms with Gasteiger partial charge in [0.2, 0.25) is 0 Å². The van der Waals surface area contributed by atoms with E-state index in [1.165, 1.54) is 12.4 Å². The SMILES string of the molecule is CNC(/C=C\N)C(/C=C\N)NC. The highest BCUT2D eigenvalue weighted by Gasteiger charge is 2.10. The zero-order valence-corrected chi connectivity index (χ0v) is 7.62. The fraction of sp³-hybridized carbons (Fsp3) is 0.500. The van der Waals surface area contributed by atoms with Gasteiger partial charge in [-0.05, 0) is 26.5 Å². The van der Waals surface area contributed by atoms with Crippen molar-refractivity contribution in [2.75, 3.05) is 14.1 Å². The van der Waals surface area contributed by atoms with Crippen LogP contribution in [-0.2, 0) is 0 Å². The minimum atomic E-state index is 0.166. The van der Waals surface area contributed by atoms with Crippen molar-refractivity contribution in [1.82, 2.24) is 10.6 Å². The lowest BCUT2D eigenvalue weighted by Gasteiger charge is -2.20. The van der Waals surface area contributed by atoms with Crippen molar-refractivity contribution in [2.24, 2.45) is 11.5 Å².